The van der Waals surface area contributed by atoms with Gasteiger partial charge in [-0.3, -0.25) is 4.57 Å². The maximum absolute atomic E-state index is 11.1. The largest absolute Gasteiger partial charge is 0.494 e. The fourth-order valence-corrected chi connectivity index (χ4v) is 6.13. The molecule has 4 rings (SSSR count). The Labute approximate surface area is 194 Å². The number of aromatic hydroxyl groups is 1. The van der Waals surface area contributed by atoms with Crippen LogP contribution >= 0.6 is 23.6 Å². The molecular weight excluding hydrogens is 422 g/mol. The Morgan fingerprint density at radius 1 is 0.871 bits per heavy atom. The second-order valence-electron chi connectivity index (χ2n) is 8.71. The van der Waals surface area contributed by atoms with Crippen molar-refractivity contribution in [2.75, 3.05) is 0 Å². The minimum atomic E-state index is 0.313. The second-order valence-corrected chi connectivity index (χ2v) is 10.4. The number of rotatable bonds is 4. The summed E-state index contributed by atoms with van der Waals surface area (Å²) in [6, 6.07) is 14.4. The van der Waals surface area contributed by atoms with Crippen molar-refractivity contribution < 1.29 is 9.52 Å². The van der Waals surface area contributed by atoms with Gasteiger partial charge in [-0.05, 0) is 37.2 Å². The zero-order chi connectivity index (χ0) is 21.5. The van der Waals surface area contributed by atoms with E-state index < -0.39 is 0 Å². The molecule has 0 aliphatic heterocycles. The van der Waals surface area contributed by atoms with E-state index >= 15 is 0 Å². The topological polar surface area (TPSA) is 38.3 Å². The lowest BCUT2D eigenvalue weighted by Crippen LogP contribution is -2.09. The van der Waals surface area contributed by atoms with E-state index in [1.165, 1.54) is 69.1 Å². The molecule has 1 N–H and O–H groups in total. The fourth-order valence-electron chi connectivity index (χ4n) is 4.65. The first-order valence-corrected chi connectivity index (χ1v) is 13.0. The highest BCUT2D eigenvalue weighted by atomic mass is 32.1. The molecule has 1 saturated carbocycles. The Balaban J connectivity index is 1.49. The van der Waals surface area contributed by atoms with Crippen LogP contribution in [0.4, 0.5) is 0 Å². The van der Waals surface area contributed by atoms with Crippen molar-refractivity contribution in [2.24, 2.45) is 0 Å². The Bertz CT molecular complexity index is 990. The van der Waals surface area contributed by atoms with Gasteiger partial charge in [0.2, 0.25) is 5.88 Å². The van der Waals surface area contributed by atoms with E-state index in [0.717, 1.165) is 38.8 Å². The van der Waals surface area contributed by atoms with Gasteiger partial charge in [0.15, 0.2) is 3.95 Å². The highest BCUT2D eigenvalue weighted by Crippen LogP contribution is 2.36. The van der Waals surface area contributed by atoms with Gasteiger partial charge in [-0.25, -0.2) is 0 Å². The van der Waals surface area contributed by atoms with Gasteiger partial charge in [-0.1, -0.05) is 88.1 Å². The number of thiazole rings is 1. The quantitative estimate of drug-likeness (QED) is 0.400. The number of hydrogen-bond donors (Lipinski definition) is 1. The summed E-state index contributed by atoms with van der Waals surface area (Å²) in [5.74, 6) is 2.07. The van der Waals surface area contributed by atoms with E-state index in [-0.39, 0.29) is 0 Å². The number of hydrogen-bond acceptors (Lipinski definition) is 4. The number of aromatic nitrogens is 1. The normalized spacial score (nSPS) is 17.2. The highest BCUT2D eigenvalue weighted by molar-refractivity contribution is 7.73. The van der Waals surface area contributed by atoms with E-state index in [4.69, 9.17) is 16.6 Å². The smallest absolute Gasteiger partial charge is 0.207 e. The van der Waals surface area contributed by atoms with Gasteiger partial charge in [0.25, 0.3) is 0 Å². The summed E-state index contributed by atoms with van der Waals surface area (Å²) in [6.45, 7) is 0. The van der Waals surface area contributed by atoms with Gasteiger partial charge in [-0.2, -0.15) is 0 Å². The number of benzene rings is 1. The molecule has 2 heterocycles. The third-order valence-corrected chi connectivity index (χ3v) is 7.77. The molecule has 1 fully saturated rings. The SMILES string of the molecule is Oc1c(Cc2ccc(-c3ccccc3)o2)sc(=S)n1C1CCCCCCCCCCC1. The summed E-state index contributed by atoms with van der Waals surface area (Å²) >= 11 is 7.25. The second kappa shape index (κ2) is 11.1. The van der Waals surface area contributed by atoms with E-state index in [2.05, 4.69) is 0 Å². The number of nitrogens with zero attached hydrogens (tertiary/aromatic N) is 1. The maximum Gasteiger partial charge on any atom is 0.207 e. The van der Waals surface area contributed by atoms with Crippen LogP contribution in [-0.4, -0.2) is 9.67 Å². The lowest BCUT2D eigenvalue weighted by Gasteiger charge is -2.20. The molecule has 0 bridgehead atoms. The van der Waals surface area contributed by atoms with Crippen molar-refractivity contribution in [3.8, 4) is 17.2 Å². The van der Waals surface area contributed by atoms with Crippen molar-refractivity contribution in [1.82, 2.24) is 4.57 Å². The van der Waals surface area contributed by atoms with Gasteiger partial charge in [0.1, 0.15) is 11.5 Å². The van der Waals surface area contributed by atoms with Crippen LogP contribution in [0.1, 0.15) is 87.3 Å². The fraction of sp³-hybridized carbons (Fsp3) is 0.500. The molecule has 1 aromatic carbocycles. The van der Waals surface area contributed by atoms with Crippen molar-refractivity contribution in [2.45, 2.75) is 83.1 Å². The zero-order valence-corrected chi connectivity index (χ0v) is 19.9. The van der Waals surface area contributed by atoms with Crippen LogP contribution in [0.15, 0.2) is 46.9 Å². The van der Waals surface area contributed by atoms with E-state index in [1.807, 2.05) is 47.0 Å². The van der Waals surface area contributed by atoms with Gasteiger partial charge in [0.05, 0.1) is 4.88 Å². The van der Waals surface area contributed by atoms with Crippen molar-refractivity contribution in [3.05, 3.63) is 57.1 Å². The highest BCUT2D eigenvalue weighted by Gasteiger charge is 2.21. The molecule has 1 aliphatic rings. The molecule has 0 spiro atoms. The van der Waals surface area contributed by atoms with Crippen molar-refractivity contribution in [1.29, 1.82) is 0 Å². The first-order valence-electron chi connectivity index (χ1n) is 11.8. The predicted octanol–water partition coefficient (Wildman–Crippen LogP) is 8.68. The summed E-state index contributed by atoms with van der Waals surface area (Å²) in [7, 11) is 0. The van der Waals surface area contributed by atoms with Crippen LogP contribution in [0, 0.1) is 3.95 Å². The molecule has 0 atom stereocenters. The standard InChI is InChI=1S/C26H33NO2S2/c28-25-24(19-22-17-18-23(29-22)20-13-9-8-10-14-20)31-26(30)27(25)21-15-11-6-4-2-1-3-5-7-12-16-21/h8-10,13-14,17-18,21,28H,1-7,11-12,15-16,19H2. The molecule has 3 nitrogen and oxygen atoms in total. The maximum atomic E-state index is 11.1. The average molecular weight is 456 g/mol. The van der Waals surface area contributed by atoms with Crippen LogP contribution < -0.4 is 0 Å². The summed E-state index contributed by atoms with van der Waals surface area (Å²) in [5, 5.41) is 11.1. The molecule has 166 valence electrons. The molecule has 0 saturated heterocycles. The van der Waals surface area contributed by atoms with Gasteiger partial charge in [-0.15, -0.1) is 11.3 Å². The molecule has 0 amide bonds. The molecule has 5 heteroatoms. The Morgan fingerprint density at radius 2 is 1.48 bits per heavy atom. The molecule has 31 heavy (non-hydrogen) atoms. The van der Waals surface area contributed by atoms with Crippen LogP contribution in [0.2, 0.25) is 0 Å². The van der Waals surface area contributed by atoms with Crippen LogP contribution in [0.5, 0.6) is 5.88 Å². The molecular formula is C26H33NO2S2. The summed E-state index contributed by atoms with van der Waals surface area (Å²) in [5.41, 5.74) is 1.07. The summed E-state index contributed by atoms with van der Waals surface area (Å²) < 4.78 is 8.90. The van der Waals surface area contributed by atoms with Gasteiger partial charge >= 0.3 is 0 Å². The van der Waals surface area contributed by atoms with E-state index in [0.29, 0.717) is 18.3 Å². The third-order valence-electron chi connectivity index (χ3n) is 6.38. The summed E-state index contributed by atoms with van der Waals surface area (Å²) in [4.78, 5) is 0.907. The van der Waals surface area contributed by atoms with Gasteiger partial charge < -0.3 is 9.52 Å². The lowest BCUT2D eigenvalue weighted by molar-refractivity contribution is 0.332. The first kappa shape index (κ1) is 22.3. The minimum absolute atomic E-state index is 0.313. The third kappa shape index (κ3) is 5.89. The van der Waals surface area contributed by atoms with Crippen LogP contribution in [0.25, 0.3) is 11.3 Å². The Morgan fingerprint density at radius 3 is 2.13 bits per heavy atom. The molecule has 3 aromatic rings. The average Bonchev–Trinajstić information content (AvgIpc) is 3.34. The number of furan rings is 1. The van der Waals surface area contributed by atoms with Gasteiger partial charge in [0, 0.05) is 18.0 Å². The lowest BCUT2D eigenvalue weighted by atomic mass is 9.98. The Hall–Kier alpha value is -1.85. The molecule has 2 aromatic heterocycles. The molecule has 1 aliphatic carbocycles. The van der Waals surface area contributed by atoms with E-state index in [1.54, 1.807) is 0 Å². The van der Waals surface area contributed by atoms with Crippen LogP contribution in [-0.2, 0) is 6.42 Å². The van der Waals surface area contributed by atoms with Crippen molar-refractivity contribution >= 4 is 23.6 Å². The Kier molecular flexibility index (Phi) is 8.03. The molecule has 0 radical (unpaired) electrons. The minimum Gasteiger partial charge on any atom is -0.494 e. The zero-order valence-electron chi connectivity index (χ0n) is 18.2. The molecule has 0 unspecified atom stereocenters. The first-order chi connectivity index (χ1) is 15.2. The monoisotopic (exact) mass is 455 g/mol. The predicted molar refractivity (Wildman–Crippen MR) is 132 cm³/mol. The van der Waals surface area contributed by atoms with Crippen LogP contribution in [0.3, 0.4) is 0 Å². The van der Waals surface area contributed by atoms with Crippen molar-refractivity contribution in [3.63, 3.8) is 0 Å². The summed E-state index contributed by atoms with van der Waals surface area (Å²) in [6.07, 6.45) is 14.6. The van der Waals surface area contributed by atoms with E-state index in [9.17, 15) is 5.11 Å².